The molecule has 1 fully saturated rings. The van der Waals surface area contributed by atoms with Crippen LogP contribution in [0.5, 0.6) is 0 Å². The van der Waals surface area contributed by atoms with Crippen LogP contribution in [0.15, 0.2) is 24.3 Å². The average molecular weight is 407 g/mol. The Hall–Kier alpha value is -3.32. The summed E-state index contributed by atoms with van der Waals surface area (Å²) in [5.74, 6) is -2.59. The van der Waals surface area contributed by atoms with Crippen LogP contribution in [0.1, 0.15) is 17.8 Å². The van der Waals surface area contributed by atoms with Crippen LogP contribution in [0, 0.1) is 6.92 Å². The number of nitrogens with zero attached hydrogens (tertiary/aromatic N) is 5. The molecule has 0 aliphatic carbocycles. The van der Waals surface area contributed by atoms with E-state index in [1.54, 1.807) is 31.2 Å². The summed E-state index contributed by atoms with van der Waals surface area (Å²) >= 11 is 0. The molecule has 2 heterocycles. The van der Waals surface area contributed by atoms with Gasteiger partial charge >= 0.3 is 5.97 Å². The number of rotatable bonds is 5. The molecular formula is C15H13N5O7S. The van der Waals surface area contributed by atoms with Gasteiger partial charge in [0.2, 0.25) is 5.82 Å². The summed E-state index contributed by atoms with van der Waals surface area (Å²) in [5.41, 5.74) is 1.10. The van der Waals surface area contributed by atoms with Crippen molar-refractivity contribution < 1.29 is 32.2 Å². The first-order valence-electron chi connectivity index (χ1n) is 7.82. The van der Waals surface area contributed by atoms with E-state index in [1.807, 2.05) is 0 Å². The lowest BCUT2D eigenvalue weighted by molar-refractivity contribution is -0.196. The van der Waals surface area contributed by atoms with Gasteiger partial charge in [0.1, 0.15) is 0 Å². The molecule has 0 saturated carbocycles. The molecule has 1 unspecified atom stereocenters. The molecule has 13 heteroatoms. The van der Waals surface area contributed by atoms with E-state index < -0.39 is 39.6 Å². The minimum absolute atomic E-state index is 0.0621. The summed E-state index contributed by atoms with van der Waals surface area (Å²) in [7, 11) is -4.77. The van der Waals surface area contributed by atoms with Gasteiger partial charge in [0, 0.05) is 5.56 Å². The summed E-state index contributed by atoms with van der Waals surface area (Å²) in [4.78, 5) is 40.2. The first-order chi connectivity index (χ1) is 13.1. The third-order valence-corrected chi connectivity index (χ3v) is 4.84. The van der Waals surface area contributed by atoms with E-state index in [2.05, 4.69) is 25.2 Å². The molecule has 12 nitrogen and oxygen atoms in total. The van der Waals surface area contributed by atoms with Gasteiger partial charge in [-0.15, -0.1) is 25.5 Å². The Kier molecular flexibility index (Phi) is 5.11. The minimum Gasteiger partial charge on any atom is -0.330 e. The smallest absolute Gasteiger partial charge is 0.330 e. The van der Waals surface area contributed by atoms with Crippen LogP contribution in [0.2, 0.25) is 0 Å². The molecule has 28 heavy (non-hydrogen) atoms. The predicted molar refractivity (Wildman–Crippen MR) is 89.4 cm³/mol. The summed E-state index contributed by atoms with van der Waals surface area (Å²) in [6, 6.07) is 6.40. The number of hydrogen-bond acceptors (Lipinski definition) is 10. The molecule has 1 aromatic carbocycles. The number of benzene rings is 1. The van der Waals surface area contributed by atoms with Gasteiger partial charge in [-0.25, -0.2) is 4.79 Å². The van der Waals surface area contributed by atoms with Crippen molar-refractivity contribution in [2.24, 2.45) is 0 Å². The summed E-state index contributed by atoms with van der Waals surface area (Å²) in [6.45, 7) is 1.65. The average Bonchev–Trinajstić information content (AvgIpc) is 2.91. The van der Waals surface area contributed by atoms with Crippen molar-refractivity contribution in [1.29, 1.82) is 0 Å². The molecule has 146 valence electrons. The highest BCUT2D eigenvalue weighted by Crippen LogP contribution is 2.20. The topological polar surface area (TPSA) is 170 Å². The molecule has 2 amide bonds. The van der Waals surface area contributed by atoms with Crippen molar-refractivity contribution in [2.75, 3.05) is 0 Å². The highest BCUT2D eigenvalue weighted by Gasteiger charge is 2.48. The molecule has 0 bridgehead atoms. The SMILES string of the molecule is Cc1nnc(-c2ccc(CC(=O)ON3C(=O)CC(S(=O)(=O)O)C3=O)cc2)nn1. The first kappa shape index (κ1) is 19.4. The van der Waals surface area contributed by atoms with Crippen molar-refractivity contribution in [3.8, 4) is 11.4 Å². The van der Waals surface area contributed by atoms with Crippen LogP contribution >= 0.6 is 0 Å². The molecule has 1 atom stereocenters. The van der Waals surface area contributed by atoms with Crippen LogP contribution < -0.4 is 0 Å². The van der Waals surface area contributed by atoms with Crippen LogP contribution in [-0.4, -0.2) is 61.5 Å². The van der Waals surface area contributed by atoms with E-state index in [-0.39, 0.29) is 11.5 Å². The maximum Gasteiger partial charge on any atom is 0.337 e. The zero-order valence-corrected chi connectivity index (χ0v) is 15.2. The number of amides is 2. The lowest BCUT2D eigenvalue weighted by Crippen LogP contribution is -2.37. The van der Waals surface area contributed by atoms with Gasteiger partial charge in [-0.3, -0.25) is 14.1 Å². The minimum atomic E-state index is -4.77. The fourth-order valence-corrected chi connectivity index (χ4v) is 3.08. The van der Waals surface area contributed by atoms with Gasteiger partial charge in [-0.1, -0.05) is 24.3 Å². The van der Waals surface area contributed by atoms with Crippen LogP contribution in [-0.2, 0) is 35.8 Å². The van der Waals surface area contributed by atoms with Crippen LogP contribution in [0.25, 0.3) is 11.4 Å². The molecule has 0 spiro atoms. The van der Waals surface area contributed by atoms with Gasteiger partial charge in [0.25, 0.3) is 21.9 Å². The van der Waals surface area contributed by atoms with Gasteiger partial charge < -0.3 is 4.84 Å². The van der Waals surface area contributed by atoms with Gasteiger partial charge in [-0.05, 0) is 12.5 Å². The van der Waals surface area contributed by atoms with E-state index in [4.69, 9.17) is 4.55 Å². The Balaban J connectivity index is 1.64. The van der Waals surface area contributed by atoms with E-state index in [9.17, 15) is 22.8 Å². The second-order valence-corrected chi connectivity index (χ2v) is 7.44. The van der Waals surface area contributed by atoms with Gasteiger partial charge in [-0.2, -0.15) is 8.42 Å². The Morgan fingerprint density at radius 1 is 1.18 bits per heavy atom. The monoisotopic (exact) mass is 407 g/mol. The third kappa shape index (κ3) is 4.15. The number of carbonyl (C=O) groups excluding carboxylic acids is 3. The number of carbonyl (C=O) groups is 3. The molecule has 1 aromatic heterocycles. The predicted octanol–water partition coefficient (Wildman–Crippen LogP) is -0.742. The number of hydroxylamine groups is 2. The number of hydrogen-bond donors (Lipinski definition) is 1. The standard InChI is InChI=1S/C15H13N5O7S/c1-8-16-18-14(19-17-8)10-4-2-9(3-5-10)6-13(22)27-20-12(21)7-11(15(20)23)28(24,25)26/h2-5,11H,6-7H2,1H3,(H,24,25,26). The van der Waals surface area contributed by atoms with Crippen molar-refractivity contribution in [3.05, 3.63) is 35.7 Å². The first-order valence-corrected chi connectivity index (χ1v) is 9.32. The fourth-order valence-electron chi connectivity index (χ4n) is 2.38. The molecule has 3 rings (SSSR count). The molecule has 1 aliphatic rings. The quantitative estimate of drug-likeness (QED) is 0.489. The Morgan fingerprint density at radius 2 is 1.79 bits per heavy atom. The molecule has 1 N–H and O–H groups in total. The Morgan fingerprint density at radius 3 is 2.32 bits per heavy atom. The van der Waals surface area contributed by atoms with Crippen LogP contribution in [0.4, 0.5) is 0 Å². The van der Waals surface area contributed by atoms with E-state index >= 15 is 0 Å². The number of aryl methyl sites for hydroxylation is 1. The summed E-state index contributed by atoms with van der Waals surface area (Å²) in [5, 5.41) is 13.4. The maximum atomic E-state index is 12.0. The summed E-state index contributed by atoms with van der Waals surface area (Å²) < 4.78 is 31.1. The largest absolute Gasteiger partial charge is 0.337 e. The van der Waals surface area contributed by atoms with Crippen molar-refractivity contribution >= 4 is 27.9 Å². The molecular weight excluding hydrogens is 394 g/mol. The zero-order valence-electron chi connectivity index (χ0n) is 14.3. The van der Waals surface area contributed by atoms with Crippen LogP contribution in [0.3, 0.4) is 0 Å². The van der Waals surface area contributed by atoms with Crippen molar-refractivity contribution in [2.45, 2.75) is 25.0 Å². The highest BCUT2D eigenvalue weighted by atomic mass is 32.2. The van der Waals surface area contributed by atoms with Crippen molar-refractivity contribution in [1.82, 2.24) is 25.5 Å². The second-order valence-electron chi connectivity index (χ2n) is 5.84. The highest BCUT2D eigenvalue weighted by molar-refractivity contribution is 7.87. The number of imide groups is 1. The lowest BCUT2D eigenvalue weighted by atomic mass is 10.1. The fraction of sp³-hybridized carbons (Fsp3) is 0.267. The van der Waals surface area contributed by atoms with Gasteiger partial charge in [0.15, 0.2) is 11.1 Å². The normalized spacial score (nSPS) is 17.1. The second kappa shape index (κ2) is 7.36. The Bertz CT molecular complexity index is 1040. The number of aromatic nitrogens is 4. The van der Waals surface area contributed by atoms with E-state index in [0.29, 0.717) is 22.8 Å². The van der Waals surface area contributed by atoms with Crippen molar-refractivity contribution in [3.63, 3.8) is 0 Å². The lowest BCUT2D eigenvalue weighted by Gasteiger charge is -2.13. The molecule has 1 aliphatic heterocycles. The Labute approximate surface area is 158 Å². The summed E-state index contributed by atoms with van der Waals surface area (Å²) in [6.07, 6.45) is -1.09. The van der Waals surface area contributed by atoms with Gasteiger partial charge in [0.05, 0.1) is 12.8 Å². The maximum absolute atomic E-state index is 12.0. The zero-order chi connectivity index (χ0) is 20.5. The molecule has 2 aromatic rings. The van der Waals surface area contributed by atoms with E-state index in [1.165, 1.54) is 0 Å². The third-order valence-electron chi connectivity index (χ3n) is 3.75. The molecule has 1 saturated heterocycles. The molecule has 0 radical (unpaired) electrons. The van der Waals surface area contributed by atoms with E-state index in [0.717, 1.165) is 0 Å².